The summed E-state index contributed by atoms with van der Waals surface area (Å²) < 4.78 is 4.95. The minimum absolute atomic E-state index is 0.0343. The SMILES string of the molecule is CCOC(=O)C(C)Cc1ccc(C)s1. The van der Waals surface area contributed by atoms with Gasteiger partial charge in [-0.3, -0.25) is 4.79 Å². The zero-order chi connectivity index (χ0) is 10.6. The van der Waals surface area contributed by atoms with Gasteiger partial charge in [-0.15, -0.1) is 11.3 Å². The molecule has 0 fully saturated rings. The van der Waals surface area contributed by atoms with E-state index in [-0.39, 0.29) is 11.9 Å². The number of carbonyl (C=O) groups excluding carboxylic acids is 1. The molecule has 0 aliphatic carbocycles. The Bertz CT molecular complexity index is 304. The first-order valence-corrected chi connectivity index (χ1v) is 5.67. The molecule has 0 N–H and O–H groups in total. The molecule has 0 saturated heterocycles. The van der Waals surface area contributed by atoms with Crippen molar-refractivity contribution in [2.45, 2.75) is 27.2 Å². The standard InChI is InChI=1S/C11H16O2S/c1-4-13-11(12)8(2)7-10-6-5-9(3)14-10/h5-6,8H,4,7H2,1-3H3. The minimum atomic E-state index is -0.0986. The van der Waals surface area contributed by atoms with Gasteiger partial charge >= 0.3 is 5.97 Å². The second kappa shape index (κ2) is 5.15. The van der Waals surface area contributed by atoms with Crippen molar-refractivity contribution in [2.75, 3.05) is 6.61 Å². The van der Waals surface area contributed by atoms with Crippen LogP contribution in [0.25, 0.3) is 0 Å². The highest BCUT2D eigenvalue weighted by atomic mass is 32.1. The molecule has 1 heterocycles. The Hall–Kier alpha value is -0.830. The summed E-state index contributed by atoms with van der Waals surface area (Å²) in [6, 6.07) is 4.16. The molecule has 78 valence electrons. The van der Waals surface area contributed by atoms with E-state index in [4.69, 9.17) is 4.74 Å². The fourth-order valence-electron chi connectivity index (χ4n) is 1.26. The fraction of sp³-hybridized carbons (Fsp3) is 0.545. The Morgan fingerprint density at radius 1 is 1.57 bits per heavy atom. The minimum Gasteiger partial charge on any atom is -0.466 e. The quantitative estimate of drug-likeness (QED) is 0.717. The summed E-state index contributed by atoms with van der Waals surface area (Å²) in [5.41, 5.74) is 0. The molecule has 14 heavy (non-hydrogen) atoms. The monoisotopic (exact) mass is 212 g/mol. The molecule has 1 rings (SSSR count). The van der Waals surface area contributed by atoms with E-state index in [1.54, 1.807) is 11.3 Å². The molecule has 1 atom stereocenters. The normalized spacial score (nSPS) is 12.5. The highest BCUT2D eigenvalue weighted by Gasteiger charge is 2.14. The topological polar surface area (TPSA) is 26.3 Å². The van der Waals surface area contributed by atoms with Crippen molar-refractivity contribution in [1.29, 1.82) is 0 Å². The van der Waals surface area contributed by atoms with Crippen molar-refractivity contribution >= 4 is 17.3 Å². The molecule has 0 radical (unpaired) electrons. The summed E-state index contributed by atoms with van der Waals surface area (Å²) in [6.07, 6.45) is 0.789. The summed E-state index contributed by atoms with van der Waals surface area (Å²) in [5.74, 6) is -0.133. The van der Waals surface area contributed by atoms with E-state index in [1.165, 1.54) is 9.75 Å². The lowest BCUT2D eigenvalue weighted by Gasteiger charge is -2.08. The van der Waals surface area contributed by atoms with E-state index >= 15 is 0 Å². The largest absolute Gasteiger partial charge is 0.466 e. The van der Waals surface area contributed by atoms with Gasteiger partial charge in [-0.1, -0.05) is 6.92 Å². The van der Waals surface area contributed by atoms with Crippen LogP contribution >= 0.6 is 11.3 Å². The molecule has 3 heteroatoms. The maximum atomic E-state index is 11.3. The van der Waals surface area contributed by atoms with E-state index in [2.05, 4.69) is 19.1 Å². The fourth-order valence-corrected chi connectivity index (χ4v) is 2.28. The van der Waals surface area contributed by atoms with Crippen molar-refractivity contribution in [3.8, 4) is 0 Å². The molecule has 0 spiro atoms. The van der Waals surface area contributed by atoms with Crippen LogP contribution in [-0.2, 0) is 16.0 Å². The Balaban J connectivity index is 2.48. The molecule has 0 saturated carbocycles. The van der Waals surface area contributed by atoms with E-state index < -0.39 is 0 Å². The summed E-state index contributed by atoms with van der Waals surface area (Å²) in [4.78, 5) is 13.9. The summed E-state index contributed by atoms with van der Waals surface area (Å²) >= 11 is 1.74. The van der Waals surface area contributed by atoms with E-state index in [9.17, 15) is 4.79 Å². The van der Waals surface area contributed by atoms with Crippen LogP contribution in [-0.4, -0.2) is 12.6 Å². The van der Waals surface area contributed by atoms with Gasteiger partial charge in [-0.2, -0.15) is 0 Å². The molecule has 0 aromatic carbocycles. The van der Waals surface area contributed by atoms with Gasteiger partial charge in [-0.05, 0) is 32.4 Å². The van der Waals surface area contributed by atoms with E-state index in [0.717, 1.165) is 6.42 Å². The number of hydrogen-bond acceptors (Lipinski definition) is 3. The van der Waals surface area contributed by atoms with Crippen LogP contribution in [0.5, 0.6) is 0 Å². The molecule has 0 aliphatic heterocycles. The molecule has 1 aromatic rings. The predicted molar refractivity (Wildman–Crippen MR) is 58.6 cm³/mol. The Labute approximate surface area is 88.9 Å². The van der Waals surface area contributed by atoms with Crippen LogP contribution in [0.15, 0.2) is 12.1 Å². The van der Waals surface area contributed by atoms with Crippen LogP contribution in [0.3, 0.4) is 0 Å². The van der Waals surface area contributed by atoms with Gasteiger partial charge in [-0.25, -0.2) is 0 Å². The second-order valence-electron chi connectivity index (χ2n) is 3.37. The third kappa shape index (κ3) is 3.14. The Morgan fingerprint density at radius 3 is 2.79 bits per heavy atom. The van der Waals surface area contributed by atoms with Gasteiger partial charge in [0.1, 0.15) is 0 Å². The predicted octanol–water partition coefficient (Wildman–Crippen LogP) is 2.80. The highest BCUT2D eigenvalue weighted by molar-refractivity contribution is 7.11. The van der Waals surface area contributed by atoms with Crippen LogP contribution in [0, 0.1) is 12.8 Å². The summed E-state index contributed by atoms with van der Waals surface area (Å²) in [5, 5.41) is 0. The molecular formula is C11H16O2S. The zero-order valence-corrected chi connectivity index (χ0v) is 9.69. The number of esters is 1. The van der Waals surface area contributed by atoms with Crippen LogP contribution in [0.1, 0.15) is 23.6 Å². The highest BCUT2D eigenvalue weighted by Crippen LogP contribution is 2.19. The molecule has 0 bridgehead atoms. The molecule has 1 aromatic heterocycles. The lowest BCUT2D eigenvalue weighted by molar-refractivity contribution is -0.147. The maximum Gasteiger partial charge on any atom is 0.309 e. The molecular weight excluding hydrogens is 196 g/mol. The van der Waals surface area contributed by atoms with Crippen LogP contribution < -0.4 is 0 Å². The summed E-state index contributed by atoms with van der Waals surface area (Å²) in [6.45, 7) is 6.28. The van der Waals surface area contributed by atoms with E-state index in [0.29, 0.717) is 6.61 Å². The molecule has 2 nitrogen and oxygen atoms in total. The van der Waals surface area contributed by atoms with Gasteiger partial charge in [0.15, 0.2) is 0 Å². The van der Waals surface area contributed by atoms with Crippen LogP contribution in [0.4, 0.5) is 0 Å². The lowest BCUT2D eigenvalue weighted by atomic mass is 10.1. The number of hydrogen-bond donors (Lipinski definition) is 0. The maximum absolute atomic E-state index is 11.3. The van der Waals surface area contributed by atoms with Crippen molar-refractivity contribution < 1.29 is 9.53 Å². The molecule has 0 aliphatic rings. The number of rotatable bonds is 4. The van der Waals surface area contributed by atoms with Crippen LogP contribution in [0.2, 0.25) is 0 Å². The van der Waals surface area contributed by atoms with Crippen molar-refractivity contribution in [1.82, 2.24) is 0 Å². The van der Waals surface area contributed by atoms with Gasteiger partial charge < -0.3 is 4.74 Å². The van der Waals surface area contributed by atoms with Gasteiger partial charge in [0.2, 0.25) is 0 Å². The smallest absolute Gasteiger partial charge is 0.309 e. The average Bonchev–Trinajstić information content (AvgIpc) is 2.51. The number of carbonyl (C=O) groups is 1. The zero-order valence-electron chi connectivity index (χ0n) is 8.87. The third-order valence-corrected chi connectivity index (χ3v) is 3.02. The molecule has 1 unspecified atom stereocenters. The van der Waals surface area contributed by atoms with Gasteiger partial charge in [0, 0.05) is 9.75 Å². The van der Waals surface area contributed by atoms with Crippen molar-refractivity contribution in [2.24, 2.45) is 5.92 Å². The second-order valence-corrected chi connectivity index (χ2v) is 4.74. The number of aryl methyl sites for hydroxylation is 1. The number of ether oxygens (including phenoxy) is 1. The Morgan fingerprint density at radius 2 is 2.29 bits per heavy atom. The summed E-state index contributed by atoms with van der Waals surface area (Å²) in [7, 11) is 0. The Kier molecular flexibility index (Phi) is 4.14. The molecule has 0 amide bonds. The average molecular weight is 212 g/mol. The number of thiophene rings is 1. The first kappa shape index (κ1) is 11.2. The third-order valence-electron chi connectivity index (χ3n) is 1.99. The first-order chi connectivity index (χ1) is 6.63. The van der Waals surface area contributed by atoms with Gasteiger partial charge in [0.05, 0.1) is 12.5 Å². The van der Waals surface area contributed by atoms with Gasteiger partial charge in [0.25, 0.3) is 0 Å². The van der Waals surface area contributed by atoms with Crippen molar-refractivity contribution in [3.63, 3.8) is 0 Å². The van der Waals surface area contributed by atoms with Crippen molar-refractivity contribution in [3.05, 3.63) is 21.9 Å². The van der Waals surface area contributed by atoms with E-state index in [1.807, 2.05) is 13.8 Å². The first-order valence-electron chi connectivity index (χ1n) is 4.85. The lowest BCUT2D eigenvalue weighted by Crippen LogP contribution is -2.16.